The Morgan fingerprint density at radius 2 is 1.73 bits per heavy atom. The predicted molar refractivity (Wildman–Crippen MR) is 88.7 cm³/mol. The number of hydrogen-bond acceptors (Lipinski definition) is 5. The van der Waals surface area contributed by atoms with Crippen molar-refractivity contribution < 1.29 is 14.6 Å². The summed E-state index contributed by atoms with van der Waals surface area (Å²) in [5.41, 5.74) is 1.23. The Kier molecular flexibility index (Phi) is 6.49. The van der Waals surface area contributed by atoms with E-state index >= 15 is 0 Å². The van der Waals surface area contributed by atoms with Crippen LogP contribution in [0.5, 0.6) is 5.75 Å². The third-order valence-electron chi connectivity index (χ3n) is 3.90. The molecular weight excluding hydrogens is 280 g/mol. The molecule has 1 aliphatic rings. The second-order valence-corrected chi connectivity index (χ2v) is 6.02. The van der Waals surface area contributed by atoms with Gasteiger partial charge in [-0.3, -0.25) is 4.90 Å². The summed E-state index contributed by atoms with van der Waals surface area (Å²) in [6, 6.07) is 8.18. The first-order valence-corrected chi connectivity index (χ1v) is 7.99. The fourth-order valence-electron chi connectivity index (χ4n) is 2.64. The molecule has 0 radical (unpaired) electrons. The molecule has 2 rings (SSSR count). The SMILES string of the molecule is COc1ccc(N2CCN(C[C@@H](O)COC(C)C)CC2)cc1. The summed E-state index contributed by atoms with van der Waals surface area (Å²) < 4.78 is 10.6. The lowest BCUT2D eigenvalue weighted by molar-refractivity contribution is -0.00899. The highest BCUT2D eigenvalue weighted by molar-refractivity contribution is 5.49. The van der Waals surface area contributed by atoms with Crippen molar-refractivity contribution in [2.24, 2.45) is 0 Å². The van der Waals surface area contributed by atoms with Crippen LogP contribution in [-0.4, -0.2) is 68.7 Å². The summed E-state index contributed by atoms with van der Waals surface area (Å²) in [6.45, 7) is 8.95. The van der Waals surface area contributed by atoms with Crippen LogP contribution in [0.25, 0.3) is 0 Å². The molecule has 1 saturated heterocycles. The lowest BCUT2D eigenvalue weighted by Gasteiger charge is -2.37. The monoisotopic (exact) mass is 308 g/mol. The van der Waals surface area contributed by atoms with Gasteiger partial charge >= 0.3 is 0 Å². The van der Waals surface area contributed by atoms with Crippen LogP contribution in [0, 0.1) is 0 Å². The Hall–Kier alpha value is -1.30. The molecule has 5 nitrogen and oxygen atoms in total. The summed E-state index contributed by atoms with van der Waals surface area (Å²) in [5.74, 6) is 0.885. The van der Waals surface area contributed by atoms with E-state index < -0.39 is 6.10 Å². The number of aliphatic hydroxyl groups excluding tert-OH is 1. The summed E-state index contributed by atoms with van der Waals surface area (Å²) in [6.07, 6.45) is -0.239. The Morgan fingerprint density at radius 3 is 2.27 bits per heavy atom. The molecule has 5 heteroatoms. The lowest BCUT2D eigenvalue weighted by Crippen LogP contribution is -2.49. The Labute approximate surface area is 133 Å². The topological polar surface area (TPSA) is 45.2 Å². The van der Waals surface area contributed by atoms with Crippen LogP contribution in [0.4, 0.5) is 5.69 Å². The first kappa shape index (κ1) is 17.1. The van der Waals surface area contributed by atoms with Crippen LogP contribution in [-0.2, 0) is 4.74 Å². The van der Waals surface area contributed by atoms with Gasteiger partial charge in [-0.05, 0) is 38.1 Å². The average Bonchev–Trinajstić information content (AvgIpc) is 2.54. The van der Waals surface area contributed by atoms with Crippen LogP contribution in [0.1, 0.15) is 13.8 Å². The summed E-state index contributed by atoms with van der Waals surface area (Å²) in [4.78, 5) is 4.67. The van der Waals surface area contributed by atoms with Crippen molar-refractivity contribution in [3.63, 3.8) is 0 Å². The van der Waals surface area contributed by atoms with Gasteiger partial charge in [0, 0.05) is 38.4 Å². The number of piperazine rings is 1. The number of benzene rings is 1. The number of aliphatic hydroxyl groups is 1. The molecule has 0 aromatic heterocycles. The molecule has 0 spiro atoms. The van der Waals surface area contributed by atoms with Gasteiger partial charge in [0.1, 0.15) is 5.75 Å². The van der Waals surface area contributed by atoms with Crippen molar-refractivity contribution in [3.8, 4) is 5.75 Å². The van der Waals surface area contributed by atoms with Crippen LogP contribution in [0.3, 0.4) is 0 Å². The average molecular weight is 308 g/mol. The number of methoxy groups -OCH3 is 1. The maximum absolute atomic E-state index is 10.00. The molecule has 124 valence electrons. The van der Waals surface area contributed by atoms with E-state index in [4.69, 9.17) is 9.47 Å². The van der Waals surface area contributed by atoms with E-state index in [1.165, 1.54) is 5.69 Å². The highest BCUT2D eigenvalue weighted by atomic mass is 16.5. The minimum absolute atomic E-state index is 0.168. The third kappa shape index (κ3) is 5.16. The van der Waals surface area contributed by atoms with Crippen molar-refractivity contribution in [1.82, 2.24) is 4.90 Å². The minimum Gasteiger partial charge on any atom is -0.497 e. The van der Waals surface area contributed by atoms with Gasteiger partial charge in [0.15, 0.2) is 0 Å². The molecule has 0 aliphatic carbocycles. The molecule has 1 heterocycles. The van der Waals surface area contributed by atoms with E-state index in [1.54, 1.807) is 7.11 Å². The largest absolute Gasteiger partial charge is 0.497 e. The zero-order valence-electron chi connectivity index (χ0n) is 13.9. The molecule has 22 heavy (non-hydrogen) atoms. The molecule has 0 saturated carbocycles. The maximum Gasteiger partial charge on any atom is 0.119 e. The van der Waals surface area contributed by atoms with Gasteiger partial charge in [-0.1, -0.05) is 0 Å². The van der Waals surface area contributed by atoms with Crippen molar-refractivity contribution >= 4 is 5.69 Å². The molecule has 1 N–H and O–H groups in total. The van der Waals surface area contributed by atoms with Gasteiger partial charge in [0.25, 0.3) is 0 Å². The second kappa shape index (κ2) is 8.36. The zero-order chi connectivity index (χ0) is 15.9. The summed E-state index contributed by atoms with van der Waals surface area (Å²) >= 11 is 0. The van der Waals surface area contributed by atoms with E-state index in [2.05, 4.69) is 21.9 Å². The third-order valence-corrected chi connectivity index (χ3v) is 3.90. The van der Waals surface area contributed by atoms with E-state index in [1.807, 2.05) is 26.0 Å². The van der Waals surface area contributed by atoms with Crippen LogP contribution in [0.15, 0.2) is 24.3 Å². The van der Waals surface area contributed by atoms with Crippen LogP contribution in [0.2, 0.25) is 0 Å². The fraction of sp³-hybridized carbons (Fsp3) is 0.647. The Bertz CT molecular complexity index is 428. The quantitative estimate of drug-likeness (QED) is 0.829. The summed E-state index contributed by atoms with van der Waals surface area (Å²) in [5, 5.41) is 10.00. The van der Waals surface area contributed by atoms with E-state index in [0.717, 1.165) is 31.9 Å². The number of hydrogen-bond donors (Lipinski definition) is 1. The van der Waals surface area contributed by atoms with E-state index in [-0.39, 0.29) is 6.10 Å². The molecule has 0 unspecified atom stereocenters. The smallest absolute Gasteiger partial charge is 0.119 e. The number of β-amino-alcohol motifs (C(OH)–C–C–N with tert-alkyl or cyclic N) is 1. The first-order valence-electron chi connectivity index (χ1n) is 7.99. The van der Waals surface area contributed by atoms with Crippen LogP contribution < -0.4 is 9.64 Å². The number of ether oxygens (including phenoxy) is 2. The number of nitrogens with zero attached hydrogens (tertiary/aromatic N) is 2. The molecule has 0 bridgehead atoms. The van der Waals surface area contributed by atoms with Gasteiger partial charge in [-0.15, -0.1) is 0 Å². The van der Waals surface area contributed by atoms with Crippen molar-refractivity contribution in [1.29, 1.82) is 0 Å². The highest BCUT2D eigenvalue weighted by Crippen LogP contribution is 2.20. The zero-order valence-corrected chi connectivity index (χ0v) is 13.9. The van der Waals surface area contributed by atoms with Crippen LogP contribution >= 0.6 is 0 Å². The lowest BCUT2D eigenvalue weighted by atomic mass is 10.2. The standard InChI is InChI=1S/C17H28N2O3/c1-14(2)22-13-16(20)12-18-8-10-19(11-9-18)15-4-6-17(21-3)7-5-15/h4-7,14,16,20H,8-13H2,1-3H3/t16-/m1/s1. The van der Waals surface area contributed by atoms with Gasteiger partial charge < -0.3 is 19.5 Å². The Morgan fingerprint density at radius 1 is 1.09 bits per heavy atom. The molecule has 1 aromatic rings. The van der Waals surface area contributed by atoms with E-state index in [9.17, 15) is 5.11 Å². The van der Waals surface area contributed by atoms with Crippen molar-refractivity contribution in [3.05, 3.63) is 24.3 Å². The van der Waals surface area contributed by atoms with E-state index in [0.29, 0.717) is 13.2 Å². The second-order valence-electron chi connectivity index (χ2n) is 6.02. The van der Waals surface area contributed by atoms with Gasteiger partial charge in [-0.2, -0.15) is 0 Å². The summed E-state index contributed by atoms with van der Waals surface area (Å²) in [7, 11) is 1.68. The molecular formula is C17H28N2O3. The molecule has 0 amide bonds. The normalized spacial score (nSPS) is 17.8. The van der Waals surface area contributed by atoms with Gasteiger partial charge in [-0.25, -0.2) is 0 Å². The van der Waals surface area contributed by atoms with Gasteiger partial charge in [0.2, 0.25) is 0 Å². The molecule has 1 aromatic carbocycles. The minimum atomic E-state index is -0.407. The fourth-order valence-corrected chi connectivity index (χ4v) is 2.64. The number of rotatable bonds is 7. The highest BCUT2D eigenvalue weighted by Gasteiger charge is 2.19. The Balaban J connectivity index is 1.75. The van der Waals surface area contributed by atoms with Gasteiger partial charge in [0.05, 0.1) is 25.9 Å². The predicted octanol–water partition coefficient (Wildman–Crippen LogP) is 1.60. The van der Waals surface area contributed by atoms with Crippen molar-refractivity contribution in [2.45, 2.75) is 26.1 Å². The molecule has 1 fully saturated rings. The maximum atomic E-state index is 10.00. The number of anilines is 1. The van der Waals surface area contributed by atoms with Crippen molar-refractivity contribution in [2.75, 3.05) is 51.3 Å². The molecule has 1 atom stereocenters. The molecule has 1 aliphatic heterocycles. The first-order chi connectivity index (χ1) is 10.6.